The molecule has 0 saturated heterocycles. The highest BCUT2D eigenvalue weighted by atomic mass is 16.6. The lowest BCUT2D eigenvalue weighted by atomic mass is 10.2. The third kappa shape index (κ3) is 3.25. The summed E-state index contributed by atoms with van der Waals surface area (Å²) in [6.07, 6.45) is 2.10. The predicted octanol–water partition coefficient (Wildman–Crippen LogP) is 2.41. The summed E-state index contributed by atoms with van der Waals surface area (Å²) in [7, 11) is 0. The van der Waals surface area contributed by atoms with E-state index < -0.39 is 0 Å². The van der Waals surface area contributed by atoms with Gasteiger partial charge in [0.05, 0.1) is 0 Å². The second kappa shape index (κ2) is 3.56. The number of carbonyl (C=O) groups is 1. The van der Waals surface area contributed by atoms with Crippen LogP contribution in [0.4, 0.5) is 4.79 Å². The first-order valence-electron chi connectivity index (χ1n) is 4.93. The van der Waals surface area contributed by atoms with Gasteiger partial charge in [-0.3, -0.25) is 0 Å². The average molecular weight is 185 g/mol. The Bertz CT molecular complexity index is 192. The Morgan fingerprint density at radius 2 is 2.00 bits per heavy atom. The minimum absolute atomic E-state index is 0.169. The fourth-order valence-electron chi connectivity index (χ4n) is 1.24. The summed E-state index contributed by atoms with van der Waals surface area (Å²) in [5.41, 5.74) is -0.376. The number of nitrogens with zero attached hydrogens (tertiary/aromatic N) is 1. The smallest absolute Gasteiger partial charge is 0.410 e. The van der Waals surface area contributed by atoms with Crippen LogP contribution in [0.5, 0.6) is 0 Å². The predicted molar refractivity (Wildman–Crippen MR) is 51.6 cm³/mol. The van der Waals surface area contributed by atoms with Gasteiger partial charge >= 0.3 is 6.09 Å². The summed E-state index contributed by atoms with van der Waals surface area (Å²) < 4.78 is 5.28. The van der Waals surface area contributed by atoms with Crippen molar-refractivity contribution in [2.24, 2.45) is 0 Å². The molecule has 0 spiro atoms. The Kier molecular flexibility index (Phi) is 2.84. The zero-order valence-corrected chi connectivity index (χ0v) is 8.96. The number of carbonyl (C=O) groups excluding carboxylic acids is 1. The molecule has 0 bridgehead atoms. The molecular formula is C10H19NO2. The zero-order chi connectivity index (χ0) is 10.1. The molecule has 0 aromatic heterocycles. The number of hydrogen-bond donors (Lipinski definition) is 0. The van der Waals surface area contributed by atoms with Crippen molar-refractivity contribution in [3.05, 3.63) is 0 Å². The summed E-state index contributed by atoms with van der Waals surface area (Å²) in [5, 5.41) is 0. The molecule has 3 nitrogen and oxygen atoms in total. The molecule has 13 heavy (non-hydrogen) atoms. The second-order valence-electron chi connectivity index (χ2n) is 4.50. The lowest BCUT2D eigenvalue weighted by Crippen LogP contribution is -2.38. The molecular weight excluding hydrogens is 166 g/mol. The SMILES string of the molecule is CCN(C(=O)OC(C)(C)C)C1CC1. The van der Waals surface area contributed by atoms with Crippen LogP contribution in [-0.2, 0) is 4.74 Å². The van der Waals surface area contributed by atoms with Crippen molar-refractivity contribution in [3.8, 4) is 0 Å². The van der Waals surface area contributed by atoms with Crippen LogP contribution in [0.3, 0.4) is 0 Å². The largest absolute Gasteiger partial charge is 0.444 e. The third-order valence-corrected chi connectivity index (χ3v) is 1.96. The number of amides is 1. The van der Waals surface area contributed by atoms with Crippen LogP contribution in [-0.4, -0.2) is 29.2 Å². The van der Waals surface area contributed by atoms with Crippen molar-refractivity contribution in [2.45, 2.75) is 52.2 Å². The summed E-state index contributed by atoms with van der Waals surface area (Å²) in [6, 6.07) is 0.444. The highest BCUT2D eigenvalue weighted by Gasteiger charge is 2.33. The van der Waals surface area contributed by atoms with Crippen molar-refractivity contribution in [2.75, 3.05) is 6.54 Å². The summed E-state index contributed by atoms with van der Waals surface area (Å²) in [6.45, 7) is 8.42. The molecule has 0 unspecified atom stereocenters. The van der Waals surface area contributed by atoms with Gasteiger partial charge < -0.3 is 9.64 Å². The van der Waals surface area contributed by atoms with Crippen molar-refractivity contribution in [1.82, 2.24) is 4.90 Å². The van der Waals surface area contributed by atoms with Crippen LogP contribution in [0.25, 0.3) is 0 Å². The van der Waals surface area contributed by atoms with Gasteiger partial charge in [-0.05, 0) is 40.5 Å². The molecule has 0 N–H and O–H groups in total. The summed E-state index contributed by atoms with van der Waals surface area (Å²) in [5.74, 6) is 0. The molecule has 0 heterocycles. The Morgan fingerprint density at radius 1 is 1.46 bits per heavy atom. The van der Waals surface area contributed by atoms with E-state index in [1.165, 1.54) is 0 Å². The first-order chi connectivity index (χ1) is 5.94. The zero-order valence-electron chi connectivity index (χ0n) is 8.96. The van der Waals surface area contributed by atoms with Crippen LogP contribution in [0.1, 0.15) is 40.5 Å². The van der Waals surface area contributed by atoms with Gasteiger partial charge in [0.15, 0.2) is 0 Å². The Labute approximate surface area is 80.1 Å². The van der Waals surface area contributed by atoms with Gasteiger partial charge in [0.1, 0.15) is 5.60 Å². The van der Waals surface area contributed by atoms with Gasteiger partial charge in [0.25, 0.3) is 0 Å². The molecule has 0 atom stereocenters. The van der Waals surface area contributed by atoms with E-state index in [9.17, 15) is 4.79 Å². The maximum Gasteiger partial charge on any atom is 0.410 e. The van der Waals surface area contributed by atoms with E-state index in [2.05, 4.69) is 0 Å². The van der Waals surface area contributed by atoms with E-state index in [0.29, 0.717) is 6.04 Å². The molecule has 1 saturated carbocycles. The van der Waals surface area contributed by atoms with Crippen molar-refractivity contribution in [3.63, 3.8) is 0 Å². The van der Waals surface area contributed by atoms with Crippen molar-refractivity contribution >= 4 is 6.09 Å². The number of rotatable bonds is 2. The minimum Gasteiger partial charge on any atom is -0.444 e. The van der Waals surface area contributed by atoms with Crippen molar-refractivity contribution < 1.29 is 9.53 Å². The lowest BCUT2D eigenvalue weighted by molar-refractivity contribution is 0.0245. The van der Waals surface area contributed by atoms with Crippen LogP contribution < -0.4 is 0 Å². The molecule has 1 rings (SSSR count). The fourth-order valence-corrected chi connectivity index (χ4v) is 1.24. The molecule has 76 valence electrons. The average Bonchev–Trinajstić information content (AvgIpc) is 2.68. The Hall–Kier alpha value is -0.730. The van der Waals surface area contributed by atoms with E-state index in [4.69, 9.17) is 4.74 Å². The van der Waals surface area contributed by atoms with E-state index in [-0.39, 0.29) is 11.7 Å². The summed E-state index contributed by atoms with van der Waals surface area (Å²) in [4.78, 5) is 13.4. The quantitative estimate of drug-likeness (QED) is 0.661. The van der Waals surface area contributed by atoms with E-state index in [0.717, 1.165) is 19.4 Å². The minimum atomic E-state index is -0.376. The molecule has 1 aliphatic rings. The Morgan fingerprint density at radius 3 is 2.31 bits per heavy atom. The maximum atomic E-state index is 11.6. The van der Waals surface area contributed by atoms with Crippen LogP contribution in [0.2, 0.25) is 0 Å². The molecule has 3 heteroatoms. The topological polar surface area (TPSA) is 29.5 Å². The molecule has 0 aromatic carbocycles. The number of ether oxygens (including phenoxy) is 1. The number of hydrogen-bond acceptors (Lipinski definition) is 2. The van der Waals surface area contributed by atoms with Crippen LogP contribution in [0.15, 0.2) is 0 Å². The van der Waals surface area contributed by atoms with Gasteiger partial charge in [0.2, 0.25) is 0 Å². The molecule has 1 fully saturated rings. The normalized spacial score (nSPS) is 16.9. The van der Waals surface area contributed by atoms with E-state index in [1.54, 1.807) is 0 Å². The highest BCUT2D eigenvalue weighted by Crippen LogP contribution is 2.27. The van der Waals surface area contributed by atoms with Gasteiger partial charge in [-0.25, -0.2) is 4.79 Å². The fraction of sp³-hybridized carbons (Fsp3) is 0.900. The molecule has 0 aromatic rings. The summed E-state index contributed by atoms with van der Waals surface area (Å²) >= 11 is 0. The molecule has 0 aliphatic heterocycles. The maximum absolute atomic E-state index is 11.6. The highest BCUT2D eigenvalue weighted by molar-refractivity contribution is 5.68. The molecule has 0 radical (unpaired) electrons. The molecule has 1 amide bonds. The first kappa shape index (κ1) is 10.4. The monoisotopic (exact) mass is 185 g/mol. The van der Waals surface area contributed by atoms with E-state index >= 15 is 0 Å². The third-order valence-electron chi connectivity index (χ3n) is 1.96. The van der Waals surface area contributed by atoms with Gasteiger partial charge in [-0.15, -0.1) is 0 Å². The van der Waals surface area contributed by atoms with Crippen LogP contribution in [0, 0.1) is 0 Å². The van der Waals surface area contributed by atoms with Gasteiger partial charge in [-0.1, -0.05) is 0 Å². The second-order valence-corrected chi connectivity index (χ2v) is 4.50. The Balaban J connectivity index is 2.44. The van der Waals surface area contributed by atoms with Gasteiger partial charge in [0, 0.05) is 12.6 Å². The van der Waals surface area contributed by atoms with E-state index in [1.807, 2.05) is 32.6 Å². The van der Waals surface area contributed by atoms with Crippen molar-refractivity contribution in [1.29, 1.82) is 0 Å². The first-order valence-corrected chi connectivity index (χ1v) is 4.93. The molecule has 1 aliphatic carbocycles. The lowest BCUT2D eigenvalue weighted by Gasteiger charge is -2.26. The standard InChI is InChI=1S/C10H19NO2/c1-5-11(8-6-7-8)9(12)13-10(2,3)4/h8H,5-7H2,1-4H3. The van der Waals surface area contributed by atoms with Gasteiger partial charge in [-0.2, -0.15) is 0 Å². The van der Waals surface area contributed by atoms with Crippen LogP contribution >= 0.6 is 0 Å².